The van der Waals surface area contributed by atoms with Gasteiger partial charge in [-0.15, -0.1) is 0 Å². The third kappa shape index (κ3) is 6.13. The van der Waals surface area contributed by atoms with Gasteiger partial charge in [0.25, 0.3) is 0 Å². The fraction of sp³-hybridized carbons (Fsp3) is 0.524. The van der Waals surface area contributed by atoms with Crippen molar-refractivity contribution in [3.8, 4) is 5.75 Å². The highest BCUT2D eigenvalue weighted by Crippen LogP contribution is 2.37. The lowest BCUT2D eigenvalue weighted by atomic mass is 9.71. The standard InChI is InChI=1S/C21H30N2O2S/c1-21(2,3)16-10-12-17(13-11-16)22-20(26)23-19(24)14-9-15-7-5-6-8-18(15)25-4/h5-9,14,16-17H,10-13H2,1-4H3,(H2,22,23,24,26)/b14-9+. The summed E-state index contributed by atoms with van der Waals surface area (Å²) in [4.78, 5) is 12.1. The third-order valence-corrected chi connectivity index (χ3v) is 5.30. The number of carbonyl (C=O) groups excluding carboxylic acids is 1. The second-order valence-electron chi connectivity index (χ2n) is 7.95. The van der Waals surface area contributed by atoms with Crippen LogP contribution in [0.1, 0.15) is 52.0 Å². The Morgan fingerprint density at radius 3 is 2.46 bits per heavy atom. The zero-order chi connectivity index (χ0) is 19.2. The summed E-state index contributed by atoms with van der Waals surface area (Å²) in [5.41, 5.74) is 1.22. The van der Waals surface area contributed by atoms with Crippen molar-refractivity contribution < 1.29 is 9.53 Å². The van der Waals surface area contributed by atoms with Crippen LogP contribution in [0.25, 0.3) is 6.08 Å². The van der Waals surface area contributed by atoms with E-state index in [-0.39, 0.29) is 5.91 Å². The van der Waals surface area contributed by atoms with Gasteiger partial charge in [-0.05, 0) is 61.4 Å². The first-order valence-corrected chi connectivity index (χ1v) is 9.63. The summed E-state index contributed by atoms with van der Waals surface area (Å²) >= 11 is 5.29. The van der Waals surface area contributed by atoms with E-state index in [4.69, 9.17) is 17.0 Å². The van der Waals surface area contributed by atoms with E-state index in [9.17, 15) is 4.79 Å². The van der Waals surface area contributed by atoms with E-state index in [2.05, 4.69) is 31.4 Å². The number of methoxy groups -OCH3 is 1. The van der Waals surface area contributed by atoms with E-state index in [0.29, 0.717) is 16.6 Å². The summed E-state index contributed by atoms with van der Waals surface area (Å²) in [5, 5.41) is 6.42. The predicted octanol–water partition coefficient (Wildman–Crippen LogP) is 4.30. The minimum Gasteiger partial charge on any atom is -0.496 e. The minimum absolute atomic E-state index is 0.239. The van der Waals surface area contributed by atoms with Gasteiger partial charge in [-0.3, -0.25) is 10.1 Å². The van der Waals surface area contributed by atoms with Crippen molar-refractivity contribution in [1.82, 2.24) is 10.6 Å². The predicted molar refractivity (Wildman–Crippen MR) is 111 cm³/mol. The highest BCUT2D eigenvalue weighted by molar-refractivity contribution is 7.80. The highest BCUT2D eigenvalue weighted by Gasteiger charge is 2.29. The van der Waals surface area contributed by atoms with E-state index >= 15 is 0 Å². The number of benzene rings is 1. The Labute approximate surface area is 162 Å². The second kappa shape index (κ2) is 9.17. The van der Waals surface area contributed by atoms with Crippen LogP contribution in [0.5, 0.6) is 5.75 Å². The Balaban J connectivity index is 1.79. The molecule has 0 atom stereocenters. The lowest BCUT2D eigenvalue weighted by molar-refractivity contribution is -0.115. The van der Waals surface area contributed by atoms with E-state index in [1.165, 1.54) is 18.9 Å². The Bertz CT molecular complexity index is 656. The van der Waals surface area contributed by atoms with Gasteiger partial charge in [-0.1, -0.05) is 39.0 Å². The maximum atomic E-state index is 12.1. The molecule has 1 fully saturated rings. The van der Waals surface area contributed by atoms with Crippen molar-refractivity contribution in [2.45, 2.75) is 52.5 Å². The molecule has 0 spiro atoms. The topological polar surface area (TPSA) is 50.4 Å². The molecule has 0 heterocycles. The average molecular weight is 375 g/mol. The first-order chi connectivity index (χ1) is 12.3. The van der Waals surface area contributed by atoms with Gasteiger partial charge in [-0.2, -0.15) is 0 Å². The van der Waals surface area contributed by atoms with Gasteiger partial charge in [0, 0.05) is 17.7 Å². The number of nitrogens with one attached hydrogen (secondary N) is 2. The maximum Gasteiger partial charge on any atom is 0.250 e. The number of ether oxygens (including phenoxy) is 1. The van der Waals surface area contributed by atoms with Gasteiger partial charge in [0.15, 0.2) is 5.11 Å². The molecular weight excluding hydrogens is 344 g/mol. The molecule has 4 nitrogen and oxygen atoms in total. The number of carbonyl (C=O) groups is 1. The molecule has 0 aromatic heterocycles. The smallest absolute Gasteiger partial charge is 0.250 e. The van der Waals surface area contributed by atoms with Gasteiger partial charge in [0.05, 0.1) is 7.11 Å². The van der Waals surface area contributed by atoms with Crippen molar-refractivity contribution in [3.63, 3.8) is 0 Å². The van der Waals surface area contributed by atoms with E-state index in [0.717, 1.165) is 30.1 Å². The van der Waals surface area contributed by atoms with Gasteiger partial charge >= 0.3 is 0 Å². The van der Waals surface area contributed by atoms with Crippen molar-refractivity contribution in [2.24, 2.45) is 11.3 Å². The fourth-order valence-electron chi connectivity index (χ4n) is 3.45. The number of para-hydroxylation sites is 1. The van der Waals surface area contributed by atoms with Crippen molar-refractivity contribution in [3.05, 3.63) is 35.9 Å². The largest absolute Gasteiger partial charge is 0.496 e. The normalized spacial score (nSPS) is 20.6. The lowest BCUT2D eigenvalue weighted by Crippen LogP contribution is -2.45. The van der Waals surface area contributed by atoms with Crippen LogP contribution in [0.4, 0.5) is 0 Å². The molecule has 1 aromatic carbocycles. The van der Waals surface area contributed by atoms with E-state index in [1.54, 1.807) is 13.2 Å². The molecule has 0 unspecified atom stereocenters. The molecule has 26 heavy (non-hydrogen) atoms. The van der Waals surface area contributed by atoms with Crippen LogP contribution >= 0.6 is 12.2 Å². The summed E-state index contributed by atoms with van der Waals surface area (Å²) in [6, 6.07) is 7.90. The first kappa shape index (κ1) is 20.4. The van der Waals surface area contributed by atoms with Crippen LogP contribution in [0.3, 0.4) is 0 Å². The molecule has 1 aromatic rings. The third-order valence-electron chi connectivity index (χ3n) is 5.08. The molecule has 1 amide bonds. The average Bonchev–Trinajstić information content (AvgIpc) is 2.59. The van der Waals surface area contributed by atoms with Crippen LogP contribution in [0.2, 0.25) is 0 Å². The molecular formula is C21H30N2O2S. The number of rotatable bonds is 4. The van der Waals surface area contributed by atoms with Crippen molar-refractivity contribution in [1.29, 1.82) is 0 Å². The molecule has 0 radical (unpaired) electrons. The van der Waals surface area contributed by atoms with Gasteiger partial charge in [0.2, 0.25) is 5.91 Å². The molecule has 2 N–H and O–H groups in total. The Kier molecular flexibility index (Phi) is 7.21. The summed E-state index contributed by atoms with van der Waals surface area (Å²) in [6.45, 7) is 6.93. The van der Waals surface area contributed by atoms with E-state index in [1.807, 2.05) is 24.3 Å². The lowest BCUT2D eigenvalue weighted by Gasteiger charge is -2.37. The Morgan fingerprint density at radius 2 is 1.85 bits per heavy atom. The summed E-state index contributed by atoms with van der Waals surface area (Å²) < 4.78 is 5.27. The van der Waals surface area contributed by atoms with Crippen LogP contribution < -0.4 is 15.4 Å². The molecule has 142 valence electrons. The van der Waals surface area contributed by atoms with Crippen molar-refractivity contribution in [2.75, 3.05) is 7.11 Å². The molecule has 0 aliphatic heterocycles. The summed E-state index contributed by atoms with van der Waals surface area (Å²) in [5.74, 6) is 1.25. The highest BCUT2D eigenvalue weighted by atomic mass is 32.1. The fourth-order valence-corrected chi connectivity index (χ4v) is 3.72. The molecule has 5 heteroatoms. The zero-order valence-electron chi connectivity index (χ0n) is 16.2. The van der Waals surface area contributed by atoms with Gasteiger partial charge < -0.3 is 10.1 Å². The van der Waals surface area contributed by atoms with Crippen LogP contribution in [-0.2, 0) is 4.79 Å². The number of amides is 1. The quantitative estimate of drug-likeness (QED) is 0.609. The molecule has 2 rings (SSSR count). The Morgan fingerprint density at radius 1 is 1.19 bits per heavy atom. The molecule has 0 bridgehead atoms. The SMILES string of the molecule is COc1ccccc1/C=C/C(=O)NC(=S)NC1CCC(C(C)(C)C)CC1. The van der Waals surface area contributed by atoms with Crippen LogP contribution in [0, 0.1) is 11.3 Å². The van der Waals surface area contributed by atoms with Crippen molar-refractivity contribution >= 4 is 29.3 Å². The number of hydrogen-bond donors (Lipinski definition) is 2. The Hall–Kier alpha value is -1.88. The number of thiocarbonyl (C=S) groups is 1. The van der Waals surface area contributed by atoms with Gasteiger partial charge in [0.1, 0.15) is 5.75 Å². The van der Waals surface area contributed by atoms with Crippen LogP contribution in [-0.4, -0.2) is 24.2 Å². The molecule has 1 saturated carbocycles. The zero-order valence-corrected chi connectivity index (χ0v) is 17.0. The van der Waals surface area contributed by atoms with Crippen LogP contribution in [0.15, 0.2) is 30.3 Å². The number of hydrogen-bond acceptors (Lipinski definition) is 3. The second-order valence-corrected chi connectivity index (χ2v) is 8.36. The minimum atomic E-state index is -0.239. The summed E-state index contributed by atoms with van der Waals surface area (Å²) in [6.07, 6.45) is 7.79. The van der Waals surface area contributed by atoms with E-state index < -0.39 is 0 Å². The molecule has 1 aliphatic carbocycles. The molecule has 1 aliphatic rings. The maximum absolute atomic E-state index is 12.1. The van der Waals surface area contributed by atoms with Gasteiger partial charge in [-0.25, -0.2) is 0 Å². The molecule has 0 saturated heterocycles. The monoisotopic (exact) mass is 374 g/mol. The first-order valence-electron chi connectivity index (χ1n) is 9.22. The summed E-state index contributed by atoms with van der Waals surface area (Å²) in [7, 11) is 1.61.